The zero-order valence-electron chi connectivity index (χ0n) is 28.7. The number of hydrogen-bond acceptors (Lipinski definition) is 6. The molecule has 1 unspecified atom stereocenters. The number of carbonyl (C=O) groups excluding carboxylic acids is 4. The van der Waals surface area contributed by atoms with Gasteiger partial charge in [-0.05, 0) is 92.9 Å². The van der Waals surface area contributed by atoms with Gasteiger partial charge in [0.2, 0.25) is 12.3 Å². The van der Waals surface area contributed by atoms with Crippen LogP contribution in [0.2, 0.25) is 0 Å². The number of nitrogens with two attached hydrogens (primary N) is 2. The second kappa shape index (κ2) is 22.9. The highest BCUT2D eigenvalue weighted by molar-refractivity contribution is 6.01. The molecule has 9 heteroatoms. The highest BCUT2D eigenvalue weighted by atomic mass is 16.2. The van der Waals surface area contributed by atoms with Gasteiger partial charge in [-0.2, -0.15) is 0 Å². The number of nitrogens with one attached hydrogen (secondary N) is 2. The van der Waals surface area contributed by atoms with Crippen molar-refractivity contribution in [3.63, 3.8) is 0 Å². The maximum absolute atomic E-state index is 12.9. The van der Waals surface area contributed by atoms with Crippen LogP contribution in [0.5, 0.6) is 0 Å². The average Bonchev–Trinajstić information content (AvgIpc) is 3.61. The molecule has 1 aliphatic rings. The normalized spacial score (nSPS) is 13.0. The summed E-state index contributed by atoms with van der Waals surface area (Å²) in [4.78, 5) is 46.0. The fourth-order valence-corrected chi connectivity index (χ4v) is 4.81. The molecule has 0 spiro atoms. The molecule has 9 nitrogen and oxygen atoms in total. The van der Waals surface area contributed by atoms with E-state index in [1.165, 1.54) is 12.0 Å². The van der Waals surface area contributed by atoms with E-state index < -0.39 is 6.04 Å². The SMILES string of the molecule is CCCNC.Cc1ccc(/C=C/c2ccc(NC(=O)C3CCCN3C(=O)c3ccc(N)cc3)cc2)cc1.NC=O.O=CCc1ccccc1. The minimum atomic E-state index is -0.471. The predicted octanol–water partition coefficient (Wildman–Crippen LogP) is 6.14. The fraction of sp³-hybridized carbons (Fsp3) is 0.250. The standard InChI is InChI=1S/C27H27N3O2.C8H8O.C4H11N.CH3NO/c1-19-4-6-20(7-5-19)8-9-21-10-16-24(17-11-21)29-26(31)25-3-2-18-30(25)27(32)22-12-14-23(28)15-13-22;9-7-6-8-4-2-1-3-5-8;1-3-4-5-2;2-1-3/h4-17,25H,2-3,18,28H2,1H3,(H,29,31);1-5,7H,6H2;5H,3-4H2,1-2H3;1H,(H2,2,3)/b9-8+;;;. The molecule has 6 N–H and O–H groups in total. The Hall–Kier alpha value is -5.54. The molecule has 0 radical (unpaired) electrons. The number of benzene rings is 4. The van der Waals surface area contributed by atoms with Crippen molar-refractivity contribution >= 4 is 48.0 Å². The van der Waals surface area contributed by atoms with Gasteiger partial charge in [0.1, 0.15) is 12.3 Å². The van der Waals surface area contributed by atoms with Gasteiger partial charge in [-0.1, -0.05) is 91.4 Å². The minimum Gasteiger partial charge on any atom is -0.399 e. The number of anilines is 2. The molecule has 258 valence electrons. The summed E-state index contributed by atoms with van der Waals surface area (Å²) in [6.45, 7) is 5.93. The first kappa shape index (κ1) is 39.6. The largest absolute Gasteiger partial charge is 0.399 e. The van der Waals surface area contributed by atoms with E-state index >= 15 is 0 Å². The number of amides is 3. The number of primary amides is 1. The van der Waals surface area contributed by atoms with Gasteiger partial charge in [-0.3, -0.25) is 14.4 Å². The Morgan fingerprint density at radius 1 is 0.857 bits per heavy atom. The first-order valence-electron chi connectivity index (χ1n) is 16.4. The Bertz CT molecular complexity index is 1570. The van der Waals surface area contributed by atoms with Crippen molar-refractivity contribution in [1.29, 1.82) is 0 Å². The highest BCUT2D eigenvalue weighted by Crippen LogP contribution is 2.23. The number of aryl methyl sites for hydroxylation is 1. The third kappa shape index (κ3) is 14.8. The zero-order chi connectivity index (χ0) is 35.9. The van der Waals surface area contributed by atoms with Crippen molar-refractivity contribution in [3.05, 3.63) is 131 Å². The van der Waals surface area contributed by atoms with Crippen LogP contribution in [-0.4, -0.2) is 55.6 Å². The Labute approximate surface area is 290 Å². The summed E-state index contributed by atoms with van der Waals surface area (Å²) < 4.78 is 0. The van der Waals surface area contributed by atoms with Crippen molar-refractivity contribution in [2.24, 2.45) is 5.73 Å². The average molecular weight is 664 g/mol. The van der Waals surface area contributed by atoms with Crippen molar-refractivity contribution in [3.8, 4) is 0 Å². The Morgan fingerprint density at radius 3 is 1.94 bits per heavy atom. The van der Waals surface area contributed by atoms with Crippen molar-refractivity contribution < 1.29 is 19.2 Å². The highest BCUT2D eigenvalue weighted by Gasteiger charge is 2.34. The number of carbonyl (C=O) groups is 4. The molecule has 0 saturated carbocycles. The molecule has 5 rings (SSSR count). The van der Waals surface area contributed by atoms with Gasteiger partial charge in [0, 0.05) is 29.9 Å². The monoisotopic (exact) mass is 663 g/mol. The quantitative estimate of drug-likeness (QED) is 0.0962. The molecule has 1 heterocycles. The summed E-state index contributed by atoms with van der Waals surface area (Å²) in [7, 11) is 1.96. The Kier molecular flexibility index (Phi) is 18.5. The van der Waals surface area contributed by atoms with Gasteiger partial charge >= 0.3 is 0 Å². The molecular weight excluding hydrogens is 614 g/mol. The van der Waals surface area contributed by atoms with Crippen LogP contribution in [0.3, 0.4) is 0 Å². The van der Waals surface area contributed by atoms with E-state index in [1.54, 1.807) is 29.2 Å². The minimum absolute atomic E-state index is 0.140. The van der Waals surface area contributed by atoms with Gasteiger partial charge < -0.3 is 31.8 Å². The van der Waals surface area contributed by atoms with Crippen LogP contribution < -0.4 is 22.1 Å². The van der Waals surface area contributed by atoms with Crippen LogP contribution in [0.15, 0.2) is 103 Å². The zero-order valence-corrected chi connectivity index (χ0v) is 28.7. The lowest BCUT2D eigenvalue weighted by molar-refractivity contribution is -0.119. The van der Waals surface area contributed by atoms with Crippen LogP contribution in [0.25, 0.3) is 12.2 Å². The molecule has 49 heavy (non-hydrogen) atoms. The lowest BCUT2D eigenvalue weighted by atomic mass is 10.1. The van der Waals surface area contributed by atoms with Crippen LogP contribution in [0, 0.1) is 6.92 Å². The number of hydrogen-bond donors (Lipinski definition) is 4. The lowest BCUT2D eigenvalue weighted by Crippen LogP contribution is -2.43. The van der Waals surface area contributed by atoms with Crippen LogP contribution in [-0.2, 0) is 20.8 Å². The molecule has 4 aromatic carbocycles. The van der Waals surface area contributed by atoms with Crippen molar-refractivity contribution in [1.82, 2.24) is 10.2 Å². The Morgan fingerprint density at radius 2 is 1.43 bits per heavy atom. The van der Waals surface area contributed by atoms with Gasteiger partial charge in [-0.15, -0.1) is 0 Å². The molecule has 1 saturated heterocycles. The van der Waals surface area contributed by atoms with Crippen LogP contribution in [0.1, 0.15) is 58.8 Å². The number of aldehydes is 1. The smallest absolute Gasteiger partial charge is 0.254 e. The molecule has 1 atom stereocenters. The third-order valence-corrected chi connectivity index (χ3v) is 7.36. The maximum atomic E-state index is 12.9. The molecular formula is C40H49N5O4. The van der Waals surface area contributed by atoms with E-state index in [0.29, 0.717) is 36.3 Å². The number of nitrogen functional groups attached to an aromatic ring is 1. The summed E-state index contributed by atoms with van der Waals surface area (Å²) >= 11 is 0. The second-order valence-electron chi connectivity index (χ2n) is 11.2. The van der Waals surface area contributed by atoms with Gasteiger partial charge in [0.25, 0.3) is 5.91 Å². The van der Waals surface area contributed by atoms with E-state index in [1.807, 2.05) is 67.7 Å². The molecule has 0 aromatic heterocycles. The number of likely N-dealkylation sites (tertiary alicyclic amines) is 1. The molecule has 0 bridgehead atoms. The molecule has 3 amide bonds. The number of nitrogens with zero attached hydrogens (tertiary/aromatic N) is 1. The van der Waals surface area contributed by atoms with Crippen LogP contribution in [0.4, 0.5) is 11.4 Å². The summed E-state index contributed by atoms with van der Waals surface area (Å²) in [6, 6.07) is 32.0. The maximum Gasteiger partial charge on any atom is 0.254 e. The van der Waals surface area contributed by atoms with E-state index in [2.05, 4.69) is 60.6 Å². The van der Waals surface area contributed by atoms with E-state index in [0.717, 1.165) is 35.9 Å². The molecule has 1 aliphatic heterocycles. The Balaban J connectivity index is 0.000000403. The van der Waals surface area contributed by atoms with Gasteiger partial charge in [0.05, 0.1) is 0 Å². The summed E-state index contributed by atoms with van der Waals surface area (Å²) in [5, 5.41) is 5.98. The summed E-state index contributed by atoms with van der Waals surface area (Å²) in [5.41, 5.74) is 16.2. The summed E-state index contributed by atoms with van der Waals surface area (Å²) in [6.07, 6.45) is 8.49. The first-order chi connectivity index (χ1) is 23.8. The van der Waals surface area contributed by atoms with Crippen molar-refractivity contribution in [2.45, 2.75) is 45.6 Å². The van der Waals surface area contributed by atoms with Crippen molar-refractivity contribution in [2.75, 3.05) is 31.2 Å². The van der Waals surface area contributed by atoms with E-state index in [9.17, 15) is 14.4 Å². The predicted molar refractivity (Wildman–Crippen MR) is 201 cm³/mol. The topological polar surface area (TPSA) is 148 Å². The van der Waals surface area contributed by atoms with Gasteiger partial charge in [-0.25, -0.2) is 0 Å². The lowest BCUT2D eigenvalue weighted by Gasteiger charge is -2.24. The van der Waals surface area contributed by atoms with Gasteiger partial charge in [0.15, 0.2) is 0 Å². The molecule has 1 fully saturated rings. The number of rotatable bonds is 9. The fourth-order valence-electron chi connectivity index (χ4n) is 4.81. The van der Waals surface area contributed by atoms with E-state index in [4.69, 9.17) is 10.5 Å². The molecule has 4 aromatic rings. The summed E-state index contributed by atoms with van der Waals surface area (Å²) in [5.74, 6) is -0.298. The van der Waals surface area contributed by atoms with E-state index in [-0.39, 0.29) is 18.2 Å². The second-order valence-corrected chi connectivity index (χ2v) is 11.2. The third-order valence-electron chi connectivity index (χ3n) is 7.36. The first-order valence-corrected chi connectivity index (χ1v) is 16.4. The van der Waals surface area contributed by atoms with Crippen LogP contribution >= 0.6 is 0 Å². The molecule has 0 aliphatic carbocycles.